The van der Waals surface area contributed by atoms with Crippen LogP contribution in [0.25, 0.3) is 0 Å². The minimum absolute atomic E-state index is 0. The zero-order chi connectivity index (χ0) is 61.0. The third kappa shape index (κ3) is 21.7. The van der Waals surface area contributed by atoms with Crippen molar-refractivity contribution in [3.63, 3.8) is 0 Å². The quantitative estimate of drug-likeness (QED) is 0.0392. The van der Waals surface area contributed by atoms with Gasteiger partial charge in [-0.25, -0.2) is 0 Å². The van der Waals surface area contributed by atoms with E-state index in [4.69, 9.17) is 0 Å². The molecule has 82 heavy (non-hydrogen) atoms. The Labute approximate surface area is 534 Å². The molecule has 7 heteroatoms. The molecule has 0 aromatic heterocycles. The van der Waals surface area contributed by atoms with Crippen LogP contribution in [0.1, 0.15) is 257 Å². The SMILES string of the molecule is [CH2-]c1cccc([Si](CCC)(CCC)CCC)c1[Si](CCC)(CCC)CCC.[CH2-]c1cccc([Si](CCC)(CCC)CCC)c1[Si](CCC)(CCC)CCC.[CH2-]c1cccc([Si](CCC)(CCC)CCC)c1[Si](CCC)(CCC)CCC.[Cr+3]. The van der Waals surface area contributed by atoms with Gasteiger partial charge >= 0.3 is 17.4 Å². The molecular weight excluding hydrogens is 1120 g/mol. The molecule has 0 spiro atoms. The summed E-state index contributed by atoms with van der Waals surface area (Å²) in [6, 6.07) is 48.2. The van der Waals surface area contributed by atoms with E-state index in [2.05, 4.69) is 200 Å². The molecule has 0 saturated carbocycles. The largest absolute Gasteiger partial charge is 3.00 e. The van der Waals surface area contributed by atoms with Gasteiger partial charge in [-0.2, -0.15) is 71.2 Å². The first-order valence-corrected chi connectivity index (χ1v) is 51.6. The predicted octanol–water partition coefficient (Wildman–Crippen LogP) is 22.9. The van der Waals surface area contributed by atoms with Crippen molar-refractivity contribution in [3.8, 4) is 0 Å². The van der Waals surface area contributed by atoms with E-state index in [9.17, 15) is 0 Å². The monoisotopic (exact) mass is 1260 g/mol. The molecule has 0 bridgehead atoms. The Kier molecular flexibility index (Phi) is 43.2. The summed E-state index contributed by atoms with van der Waals surface area (Å²) in [7, 11) is -8.81. The normalized spacial score (nSPS) is 12.4. The molecule has 0 aliphatic carbocycles. The summed E-state index contributed by atoms with van der Waals surface area (Å²) in [6.45, 7) is 57.3. The van der Waals surface area contributed by atoms with Gasteiger partial charge in [-0.3, -0.25) is 0 Å². The van der Waals surface area contributed by atoms with Crippen molar-refractivity contribution in [2.45, 2.75) is 349 Å². The van der Waals surface area contributed by atoms with Gasteiger partial charge in [0, 0.05) is 24.2 Å². The number of rotatable bonds is 42. The van der Waals surface area contributed by atoms with Crippen molar-refractivity contribution in [2.75, 3.05) is 0 Å². The second-order valence-corrected chi connectivity index (χ2v) is 54.2. The molecule has 0 fully saturated rings. The summed E-state index contributed by atoms with van der Waals surface area (Å²) in [5.41, 5.74) is 4.19. The average Bonchev–Trinajstić information content (AvgIpc) is 3.15. The smallest absolute Gasteiger partial charge is 0.199 e. The van der Waals surface area contributed by atoms with Gasteiger partial charge in [-0.1, -0.05) is 367 Å². The Balaban J connectivity index is 0.00000119. The molecule has 0 atom stereocenters. The second kappa shape index (κ2) is 43.7. The van der Waals surface area contributed by atoms with E-state index >= 15 is 0 Å². The Bertz CT molecular complexity index is 1740. The number of benzene rings is 3. The van der Waals surface area contributed by atoms with Crippen LogP contribution in [0.4, 0.5) is 0 Å². The van der Waals surface area contributed by atoms with Crippen LogP contribution in [0, 0.1) is 20.8 Å². The molecule has 0 amide bonds. The summed E-state index contributed by atoms with van der Waals surface area (Å²) >= 11 is 0. The second-order valence-electron chi connectivity index (χ2n) is 26.7. The molecule has 1 radical (unpaired) electrons. The van der Waals surface area contributed by atoms with Gasteiger partial charge in [0.1, 0.15) is 0 Å². The van der Waals surface area contributed by atoms with Crippen molar-refractivity contribution in [2.24, 2.45) is 0 Å². The van der Waals surface area contributed by atoms with E-state index in [-0.39, 0.29) is 17.4 Å². The maximum atomic E-state index is 4.64. The Morgan fingerprint density at radius 2 is 0.329 bits per heavy atom. The predicted molar refractivity (Wildman–Crippen MR) is 397 cm³/mol. The van der Waals surface area contributed by atoms with E-state index in [1.165, 1.54) is 241 Å². The summed E-state index contributed by atoms with van der Waals surface area (Å²) in [5.74, 6) is 0. The van der Waals surface area contributed by atoms with Crippen molar-refractivity contribution in [1.29, 1.82) is 0 Å². The van der Waals surface area contributed by atoms with Crippen LogP contribution < -0.4 is 31.1 Å². The van der Waals surface area contributed by atoms with Gasteiger partial charge in [-0.15, -0.1) is 33.8 Å². The Morgan fingerprint density at radius 1 is 0.207 bits per heavy atom. The molecule has 0 saturated heterocycles. The average molecular weight is 1260 g/mol. The van der Waals surface area contributed by atoms with Crippen LogP contribution in [0.5, 0.6) is 0 Å². The van der Waals surface area contributed by atoms with Crippen LogP contribution in [0.15, 0.2) is 54.6 Å². The van der Waals surface area contributed by atoms with E-state index in [0.29, 0.717) is 0 Å². The van der Waals surface area contributed by atoms with Crippen LogP contribution in [-0.4, -0.2) is 48.4 Å². The molecule has 3 rings (SSSR count). The Hall–Kier alpha value is -0.896. The van der Waals surface area contributed by atoms with Gasteiger partial charge < -0.3 is 0 Å². The standard InChI is InChI=1S/3C25H47Si2.Cr/c3*1-8-17-26(18-9-2,19-10-3)24-16-14-15-23(7)25(24)27(20-11-4,21-12-5)22-13-6;/h3*14-16H,7-13,17-22H2,1-6H3;/q3*-1;+3. The van der Waals surface area contributed by atoms with E-state index in [0.717, 1.165) is 0 Å². The van der Waals surface area contributed by atoms with Crippen molar-refractivity contribution < 1.29 is 17.4 Å². The molecule has 3 aromatic rings. The fraction of sp³-hybridized carbons (Fsp3) is 0.720. The molecular formula is C75H141CrSi6. The summed E-state index contributed by atoms with van der Waals surface area (Å²) in [6.07, 6.45) is 24.1. The molecule has 0 unspecified atom stereocenters. The minimum atomic E-state index is -1.49. The Morgan fingerprint density at radius 3 is 0.451 bits per heavy atom. The van der Waals surface area contributed by atoms with Crippen LogP contribution >= 0.6 is 0 Å². The molecule has 3 aromatic carbocycles. The van der Waals surface area contributed by atoms with Crippen LogP contribution in [-0.2, 0) is 17.4 Å². The summed E-state index contributed by atoms with van der Waals surface area (Å²) in [4.78, 5) is 0. The maximum absolute atomic E-state index is 4.64. The van der Waals surface area contributed by atoms with E-state index < -0.39 is 48.4 Å². The molecule has 0 nitrogen and oxygen atoms in total. The van der Waals surface area contributed by atoms with Crippen LogP contribution in [0.2, 0.25) is 109 Å². The molecule has 471 valence electrons. The third-order valence-electron chi connectivity index (χ3n) is 19.9. The van der Waals surface area contributed by atoms with Gasteiger partial charge in [0.25, 0.3) is 0 Å². The minimum Gasteiger partial charge on any atom is -0.199 e. The van der Waals surface area contributed by atoms with Crippen molar-refractivity contribution in [1.82, 2.24) is 0 Å². The topological polar surface area (TPSA) is 0 Å². The molecule has 0 N–H and O–H groups in total. The third-order valence-corrected chi connectivity index (χ3v) is 56.5. The first-order chi connectivity index (χ1) is 39.0. The van der Waals surface area contributed by atoms with Gasteiger partial charge in [0.15, 0.2) is 0 Å². The molecule has 0 aliphatic heterocycles. The number of hydrogen-bond donors (Lipinski definition) is 0. The van der Waals surface area contributed by atoms with Crippen molar-refractivity contribution in [3.05, 3.63) is 92.1 Å². The number of hydrogen-bond acceptors (Lipinski definition) is 0. The first kappa shape index (κ1) is 81.1. The summed E-state index contributed by atoms with van der Waals surface area (Å²) in [5, 5.41) is 11.1. The zero-order valence-corrected chi connectivity index (χ0v) is 66.0. The molecule has 0 aliphatic rings. The fourth-order valence-corrected chi connectivity index (χ4v) is 57.1. The molecule has 0 heterocycles. The van der Waals surface area contributed by atoms with Gasteiger partial charge in [0.2, 0.25) is 0 Å². The van der Waals surface area contributed by atoms with Gasteiger partial charge in [-0.05, 0) is 0 Å². The van der Waals surface area contributed by atoms with E-state index in [1.807, 2.05) is 31.1 Å². The van der Waals surface area contributed by atoms with Gasteiger partial charge in [0.05, 0.1) is 24.2 Å². The summed E-state index contributed by atoms with van der Waals surface area (Å²) < 4.78 is 0. The first-order valence-electron chi connectivity index (χ1n) is 35.9. The zero-order valence-electron chi connectivity index (χ0n) is 58.7. The van der Waals surface area contributed by atoms with Crippen molar-refractivity contribution >= 4 is 79.6 Å². The fourth-order valence-electron chi connectivity index (χ4n) is 18.2. The van der Waals surface area contributed by atoms with E-state index in [1.54, 1.807) is 0 Å². The maximum Gasteiger partial charge on any atom is 3.00 e. The van der Waals surface area contributed by atoms with Crippen LogP contribution in [0.3, 0.4) is 0 Å².